The Labute approximate surface area is 387 Å². The van der Waals surface area contributed by atoms with Gasteiger partial charge < -0.3 is 94.8 Å². The van der Waals surface area contributed by atoms with Crippen LogP contribution in [0.5, 0.6) is 0 Å². The lowest BCUT2D eigenvalue weighted by atomic mass is 9.39. The Kier molecular flexibility index (Phi) is 15.4. The maximum Gasteiger partial charge on any atom is 0.187 e. The van der Waals surface area contributed by atoms with E-state index in [4.69, 9.17) is 28.4 Å². The van der Waals surface area contributed by atoms with E-state index in [9.17, 15) is 66.4 Å². The highest BCUT2D eigenvalue weighted by atomic mass is 16.8. The maximum atomic E-state index is 11.7. The summed E-state index contributed by atoms with van der Waals surface area (Å²) in [5.74, 6) is 0.252. The zero-order valence-electron chi connectivity index (χ0n) is 39.6. The van der Waals surface area contributed by atoms with Crippen molar-refractivity contribution in [3.8, 4) is 0 Å². The third-order valence-corrected chi connectivity index (χ3v) is 18.4. The van der Waals surface area contributed by atoms with Crippen LogP contribution in [0.15, 0.2) is 11.6 Å². The second kappa shape index (κ2) is 19.2. The smallest absolute Gasteiger partial charge is 0.187 e. The Morgan fingerprint density at radius 3 is 2.00 bits per heavy atom. The van der Waals surface area contributed by atoms with Gasteiger partial charge in [-0.2, -0.15) is 0 Å². The molecule has 66 heavy (non-hydrogen) atoms. The van der Waals surface area contributed by atoms with Crippen LogP contribution in [0, 0.1) is 45.3 Å². The number of rotatable bonds is 13. The number of ether oxygens (including phenoxy) is 6. The van der Waals surface area contributed by atoms with Crippen LogP contribution in [-0.4, -0.2) is 202 Å². The number of aliphatic hydroxyl groups excluding tert-OH is 12. The van der Waals surface area contributed by atoms with Gasteiger partial charge in [-0.1, -0.05) is 53.2 Å². The molecule has 25 atom stereocenters. The molecule has 19 nitrogen and oxygen atoms in total. The Balaban J connectivity index is 1.08. The minimum absolute atomic E-state index is 0.0742. The molecule has 0 aromatic rings. The molecule has 3 saturated heterocycles. The first-order valence-corrected chi connectivity index (χ1v) is 24.0. The molecule has 13 N–H and O–H groups in total. The molecule has 0 radical (unpaired) electrons. The van der Waals surface area contributed by atoms with E-state index in [1.54, 1.807) is 0 Å². The lowest BCUT2D eigenvalue weighted by Crippen LogP contribution is -2.65. The van der Waals surface area contributed by atoms with Crippen molar-refractivity contribution in [3.63, 3.8) is 0 Å². The van der Waals surface area contributed by atoms with E-state index in [0.717, 1.165) is 38.5 Å². The molecule has 7 aliphatic rings. The highest BCUT2D eigenvalue weighted by molar-refractivity contribution is 5.30. The molecule has 0 aromatic carbocycles. The van der Waals surface area contributed by atoms with Crippen molar-refractivity contribution < 1.29 is 94.8 Å². The predicted octanol–water partition coefficient (Wildman–Crippen LogP) is -1.45. The Bertz CT molecular complexity index is 1690. The lowest BCUT2D eigenvalue weighted by molar-refractivity contribution is -0.366. The standard InChI is InChI=1S/C47H80O19/c1-20(29(50)34(55)39(59)44(4,5)60)21-13-14-47(8)27-11-9-22-23(45(27,6)15-16-46(21,47)7)10-12-28(43(22,2)3)65-42-37(58)33(54)38(66-41-35(56)30(51)24(49)18-61-41)26(64-42)19-62-40-36(57)32(53)31(52)25(17-48)63-40/h9,20-21,23-42,48-60H,10-19H2,1-8H3/t20-,21-,23+,24+,25?,26?,27-,28+,29?,30?,31+,32?,33?,34+,35?,36?,37?,38+,39-,40-,41+,42+,45+,46-,47-/m1/s1. The molecule has 0 bridgehead atoms. The van der Waals surface area contributed by atoms with Gasteiger partial charge in [0.1, 0.15) is 79.4 Å². The van der Waals surface area contributed by atoms with E-state index in [1.807, 2.05) is 6.92 Å². The summed E-state index contributed by atoms with van der Waals surface area (Å²) in [5, 5.41) is 139. The monoisotopic (exact) mass is 949 g/mol. The Hall–Kier alpha value is -1.02. The Morgan fingerprint density at radius 1 is 0.712 bits per heavy atom. The van der Waals surface area contributed by atoms with Gasteiger partial charge in [-0.05, 0) is 98.7 Å². The molecular formula is C47H80O19. The molecule has 0 aromatic heterocycles. The van der Waals surface area contributed by atoms with Crippen LogP contribution >= 0.6 is 0 Å². The van der Waals surface area contributed by atoms with Crippen molar-refractivity contribution in [2.24, 2.45) is 45.3 Å². The summed E-state index contributed by atoms with van der Waals surface area (Å²) >= 11 is 0. The first-order valence-electron chi connectivity index (χ1n) is 24.0. The van der Waals surface area contributed by atoms with Crippen LogP contribution in [-0.2, 0) is 28.4 Å². The summed E-state index contributed by atoms with van der Waals surface area (Å²) in [4.78, 5) is 0. The van der Waals surface area contributed by atoms with Gasteiger partial charge in [0.25, 0.3) is 0 Å². The minimum Gasteiger partial charge on any atom is -0.394 e. The van der Waals surface area contributed by atoms with E-state index in [-0.39, 0.29) is 34.0 Å². The average Bonchev–Trinajstić information content (AvgIpc) is 3.54. The van der Waals surface area contributed by atoms with E-state index < -0.39 is 141 Å². The van der Waals surface area contributed by atoms with Crippen LogP contribution in [0.4, 0.5) is 0 Å². The highest BCUT2D eigenvalue weighted by Gasteiger charge is 2.68. The summed E-state index contributed by atoms with van der Waals surface area (Å²) in [6.45, 7) is 14.5. The van der Waals surface area contributed by atoms with E-state index in [2.05, 4.69) is 40.7 Å². The predicted molar refractivity (Wildman–Crippen MR) is 230 cm³/mol. The molecule has 7 rings (SSSR count). The second-order valence-electron chi connectivity index (χ2n) is 22.8. The minimum atomic E-state index is -1.76. The van der Waals surface area contributed by atoms with Gasteiger partial charge in [-0.3, -0.25) is 0 Å². The van der Waals surface area contributed by atoms with Gasteiger partial charge in [-0.15, -0.1) is 0 Å². The summed E-state index contributed by atoms with van der Waals surface area (Å²) in [5.41, 5.74) is -1.27. The first-order chi connectivity index (χ1) is 30.6. The van der Waals surface area contributed by atoms with Gasteiger partial charge >= 0.3 is 0 Å². The molecule has 9 unspecified atom stereocenters. The van der Waals surface area contributed by atoms with Crippen LogP contribution in [0.25, 0.3) is 0 Å². The largest absolute Gasteiger partial charge is 0.394 e. The number of aliphatic hydroxyl groups is 13. The zero-order chi connectivity index (χ0) is 48.8. The van der Waals surface area contributed by atoms with Crippen molar-refractivity contribution in [2.75, 3.05) is 19.8 Å². The van der Waals surface area contributed by atoms with Gasteiger partial charge in [0.2, 0.25) is 0 Å². The first kappa shape index (κ1) is 52.8. The van der Waals surface area contributed by atoms with Gasteiger partial charge in [-0.25, -0.2) is 0 Å². The fourth-order valence-electron chi connectivity index (χ4n) is 13.9. The van der Waals surface area contributed by atoms with Crippen LogP contribution in [0.3, 0.4) is 0 Å². The third kappa shape index (κ3) is 8.89. The summed E-state index contributed by atoms with van der Waals surface area (Å²) < 4.78 is 35.7. The van der Waals surface area contributed by atoms with Gasteiger partial charge in [0.05, 0.1) is 37.6 Å². The van der Waals surface area contributed by atoms with E-state index in [1.165, 1.54) is 19.4 Å². The van der Waals surface area contributed by atoms with Crippen molar-refractivity contribution in [2.45, 2.75) is 216 Å². The molecule has 0 spiro atoms. The maximum absolute atomic E-state index is 11.7. The van der Waals surface area contributed by atoms with Crippen molar-refractivity contribution in [1.29, 1.82) is 0 Å². The second-order valence-corrected chi connectivity index (χ2v) is 22.8. The molecule has 3 heterocycles. The van der Waals surface area contributed by atoms with E-state index in [0.29, 0.717) is 12.3 Å². The Morgan fingerprint density at radius 2 is 1.35 bits per heavy atom. The number of hydrogen-bond donors (Lipinski definition) is 13. The number of fused-ring (bicyclic) bond motifs is 5. The van der Waals surface area contributed by atoms with Crippen molar-refractivity contribution >= 4 is 0 Å². The fourth-order valence-corrected chi connectivity index (χ4v) is 13.9. The fraction of sp³-hybridized carbons (Fsp3) is 0.957. The molecule has 3 saturated carbocycles. The zero-order valence-corrected chi connectivity index (χ0v) is 39.6. The molecule has 0 amide bonds. The van der Waals surface area contributed by atoms with Crippen LogP contribution < -0.4 is 0 Å². The molecule has 382 valence electrons. The van der Waals surface area contributed by atoms with Crippen molar-refractivity contribution in [1.82, 2.24) is 0 Å². The summed E-state index contributed by atoms with van der Waals surface area (Å²) in [7, 11) is 0. The number of hydrogen-bond acceptors (Lipinski definition) is 19. The third-order valence-electron chi connectivity index (χ3n) is 18.4. The normalized spacial score (nSPS) is 50.3. The van der Waals surface area contributed by atoms with E-state index >= 15 is 0 Å². The molecular weight excluding hydrogens is 868 g/mol. The highest BCUT2D eigenvalue weighted by Crippen LogP contribution is 2.75. The molecule has 3 aliphatic heterocycles. The number of allylic oxidation sites excluding steroid dienone is 1. The lowest BCUT2D eigenvalue weighted by Gasteiger charge is -2.66. The topological polar surface area (TPSA) is 318 Å². The molecule has 4 aliphatic carbocycles. The average molecular weight is 949 g/mol. The molecule has 19 heteroatoms. The van der Waals surface area contributed by atoms with Gasteiger partial charge in [0.15, 0.2) is 18.9 Å². The quantitative estimate of drug-likeness (QED) is 0.0940. The SMILES string of the molecule is C[C@@H](C(O)[C@H](O)[C@@H](O)C(C)(C)O)[C@H]1CC[C@]2(C)[C@@H]3CC=C4[C@H](CC[C@H](O[C@@H]5OC(CO[C@@H]6OC(CO)[C@H](O)C(O)C6O)[C@H](O[C@@H]6OC[C@H](O)C(O)C6O)C(O)C5O)C4(C)C)[C@]3(C)CC[C@]12C. The summed E-state index contributed by atoms with van der Waals surface area (Å²) in [6, 6.07) is 0. The molecule has 6 fully saturated rings. The van der Waals surface area contributed by atoms with Gasteiger partial charge in [0, 0.05) is 5.41 Å². The van der Waals surface area contributed by atoms with Crippen LogP contribution in [0.1, 0.15) is 100 Å². The van der Waals surface area contributed by atoms with Crippen LogP contribution in [0.2, 0.25) is 0 Å². The summed E-state index contributed by atoms with van der Waals surface area (Å²) in [6.07, 6.45) is -18.8. The van der Waals surface area contributed by atoms with Crippen molar-refractivity contribution in [3.05, 3.63) is 11.6 Å².